The molecular formula is C26H30N2O3S. The zero-order chi connectivity index (χ0) is 23.3. The van der Waals surface area contributed by atoms with Crippen molar-refractivity contribution >= 4 is 21.6 Å². The lowest BCUT2D eigenvalue weighted by Crippen LogP contribution is -2.42. The number of hydrogen-bond donors (Lipinski definition) is 1. The van der Waals surface area contributed by atoms with E-state index in [-0.39, 0.29) is 23.3 Å². The van der Waals surface area contributed by atoms with Crippen LogP contribution in [0.3, 0.4) is 0 Å². The van der Waals surface area contributed by atoms with Crippen molar-refractivity contribution in [2.24, 2.45) is 0 Å². The van der Waals surface area contributed by atoms with Crippen LogP contribution < -0.4 is 9.62 Å². The molecule has 6 heteroatoms. The van der Waals surface area contributed by atoms with Crippen LogP contribution in [0.25, 0.3) is 0 Å². The lowest BCUT2D eigenvalue weighted by Gasteiger charge is -2.26. The van der Waals surface area contributed by atoms with E-state index in [1.54, 1.807) is 30.3 Å². The van der Waals surface area contributed by atoms with Crippen molar-refractivity contribution in [1.82, 2.24) is 5.32 Å². The molecule has 0 heterocycles. The number of rotatable bonds is 8. The monoisotopic (exact) mass is 450 g/mol. The van der Waals surface area contributed by atoms with Crippen LogP contribution in [0.2, 0.25) is 0 Å². The van der Waals surface area contributed by atoms with E-state index < -0.39 is 10.0 Å². The van der Waals surface area contributed by atoms with Gasteiger partial charge in [0.05, 0.1) is 10.6 Å². The molecule has 1 amide bonds. The van der Waals surface area contributed by atoms with Gasteiger partial charge in [-0.2, -0.15) is 0 Å². The second-order valence-corrected chi connectivity index (χ2v) is 10.1. The summed E-state index contributed by atoms with van der Waals surface area (Å²) in [6.45, 7) is 7.87. The summed E-state index contributed by atoms with van der Waals surface area (Å²) in [5, 5.41) is 2.90. The minimum absolute atomic E-state index is 0.114. The highest BCUT2D eigenvalue weighted by molar-refractivity contribution is 7.92. The number of hydrogen-bond acceptors (Lipinski definition) is 3. The van der Waals surface area contributed by atoms with Gasteiger partial charge in [-0.05, 0) is 56.0 Å². The summed E-state index contributed by atoms with van der Waals surface area (Å²) >= 11 is 0. The Morgan fingerprint density at radius 2 is 1.53 bits per heavy atom. The molecule has 0 bridgehead atoms. The van der Waals surface area contributed by atoms with Crippen molar-refractivity contribution in [2.75, 3.05) is 17.4 Å². The summed E-state index contributed by atoms with van der Waals surface area (Å²) in [5.74, 6) is -0.230. The van der Waals surface area contributed by atoms with Gasteiger partial charge < -0.3 is 5.32 Å². The molecule has 0 radical (unpaired) electrons. The molecule has 0 fully saturated rings. The van der Waals surface area contributed by atoms with E-state index >= 15 is 0 Å². The molecule has 3 rings (SSSR count). The minimum Gasteiger partial charge on any atom is -0.354 e. The van der Waals surface area contributed by atoms with Crippen LogP contribution in [0.4, 0.5) is 5.69 Å². The van der Waals surface area contributed by atoms with Crippen molar-refractivity contribution in [2.45, 2.75) is 38.5 Å². The van der Waals surface area contributed by atoms with Crippen molar-refractivity contribution in [3.8, 4) is 0 Å². The first kappa shape index (κ1) is 23.5. The van der Waals surface area contributed by atoms with Gasteiger partial charge in [-0.25, -0.2) is 8.42 Å². The Bertz CT molecular complexity index is 1170. The molecule has 0 aliphatic carbocycles. The molecule has 5 nitrogen and oxygen atoms in total. The molecule has 0 spiro atoms. The summed E-state index contributed by atoms with van der Waals surface area (Å²) < 4.78 is 28.2. The number of carbonyl (C=O) groups is 1. The summed E-state index contributed by atoms with van der Waals surface area (Å²) in [6, 6.07) is 22.1. The molecule has 1 atom stereocenters. The van der Waals surface area contributed by atoms with Gasteiger partial charge in [0.2, 0.25) is 5.91 Å². The fraction of sp³-hybridized carbons (Fsp3) is 0.269. The maximum absolute atomic E-state index is 13.5. The molecule has 0 unspecified atom stereocenters. The Morgan fingerprint density at radius 3 is 2.16 bits per heavy atom. The number of amides is 1. The summed E-state index contributed by atoms with van der Waals surface area (Å²) in [5.41, 5.74) is 4.41. The topological polar surface area (TPSA) is 66.5 Å². The molecule has 0 saturated carbocycles. The van der Waals surface area contributed by atoms with Gasteiger partial charge in [-0.1, -0.05) is 72.6 Å². The molecule has 0 aliphatic heterocycles. The van der Waals surface area contributed by atoms with Gasteiger partial charge >= 0.3 is 0 Å². The first-order valence-electron chi connectivity index (χ1n) is 10.7. The third kappa shape index (κ3) is 5.56. The number of nitrogens with one attached hydrogen (secondary N) is 1. The highest BCUT2D eigenvalue weighted by Crippen LogP contribution is 2.27. The van der Waals surface area contributed by atoms with Crippen molar-refractivity contribution < 1.29 is 13.2 Å². The predicted octanol–water partition coefficient (Wildman–Crippen LogP) is 4.73. The molecule has 1 N–H and O–H groups in total. The quantitative estimate of drug-likeness (QED) is 0.540. The van der Waals surface area contributed by atoms with E-state index in [0.717, 1.165) is 22.3 Å². The zero-order valence-corrected chi connectivity index (χ0v) is 19.8. The molecule has 0 aromatic heterocycles. The third-order valence-electron chi connectivity index (χ3n) is 5.49. The van der Waals surface area contributed by atoms with Crippen LogP contribution in [-0.4, -0.2) is 27.4 Å². The number of carbonyl (C=O) groups excluding carboxylic acids is 1. The Kier molecular flexibility index (Phi) is 7.36. The van der Waals surface area contributed by atoms with E-state index in [0.29, 0.717) is 12.2 Å². The molecule has 3 aromatic carbocycles. The summed E-state index contributed by atoms with van der Waals surface area (Å²) in [4.78, 5) is 13.0. The fourth-order valence-electron chi connectivity index (χ4n) is 3.58. The van der Waals surface area contributed by atoms with Crippen LogP contribution in [0.15, 0.2) is 77.7 Å². The number of sulfonamides is 1. The SMILES string of the molecule is Cc1ccc(S(=O)(=O)N(CC(=O)NC[C@@H](C)c2ccccc2)c2ccc(C)cc2C)cc1. The number of benzene rings is 3. The Hall–Kier alpha value is -3.12. The highest BCUT2D eigenvalue weighted by Gasteiger charge is 2.28. The van der Waals surface area contributed by atoms with Gasteiger partial charge in [0, 0.05) is 6.54 Å². The number of anilines is 1. The normalized spacial score (nSPS) is 12.2. The fourth-order valence-corrected chi connectivity index (χ4v) is 5.06. The van der Waals surface area contributed by atoms with Crippen LogP contribution >= 0.6 is 0 Å². The van der Waals surface area contributed by atoms with Gasteiger partial charge in [0.1, 0.15) is 6.54 Å². The average molecular weight is 451 g/mol. The van der Waals surface area contributed by atoms with Gasteiger partial charge in [-0.15, -0.1) is 0 Å². The largest absolute Gasteiger partial charge is 0.354 e. The maximum Gasteiger partial charge on any atom is 0.264 e. The van der Waals surface area contributed by atoms with Crippen molar-refractivity contribution in [3.63, 3.8) is 0 Å². The lowest BCUT2D eigenvalue weighted by molar-refractivity contribution is -0.119. The molecule has 0 aliphatic rings. The minimum atomic E-state index is -3.92. The summed E-state index contributed by atoms with van der Waals surface area (Å²) in [7, 11) is -3.92. The Labute approximate surface area is 191 Å². The number of aryl methyl sites for hydroxylation is 3. The third-order valence-corrected chi connectivity index (χ3v) is 7.27. The second kappa shape index (κ2) is 10.0. The van der Waals surface area contributed by atoms with Crippen LogP contribution in [0.5, 0.6) is 0 Å². The summed E-state index contributed by atoms with van der Waals surface area (Å²) in [6.07, 6.45) is 0. The molecule has 32 heavy (non-hydrogen) atoms. The van der Waals surface area contributed by atoms with Crippen LogP contribution in [-0.2, 0) is 14.8 Å². The Balaban J connectivity index is 1.85. The zero-order valence-electron chi connectivity index (χ0n) is 19.0. The van der Waals surface area contributed by atoms with Crippen LogP contribution in [0, 0.1) is 20.8 Å². The van der Waals surface area contributed by atoms with Crippen LogP contribution in [0.1, 0.15) is 35.1 Å². The second-order valence-electron chi connectivity index (χ2n) is 8.23. The standard InChI is InChI=1S/C26H30N2O3S/c1-19-10-13-24(14-11-19)32(30,31)28(25-15-12-20(2)16-21(25)3)18-26(29)27-17-22(4)23-8-6-5-7-9-23/h5-16,22H,17-18H2,1-4H3,(H,27,29)/t22-/m1/s1. The van der Waals surface area contributed by atoms with E-state index in [1.165, 1.54) is 4.31 Å². The predicted molar refractivity (Wildman–Crippen MR) is 129 cm³/mol. The first-order valence-corrected chi connectivity index (χ1v) is 12.1. The lowest BCUT2D eigenvalue weighted by atomic mass is 10.0. The first-order chi connectivity index (χ1) is 15.2. The molecule has 3 aromatic rings. The van der Waals surface area contributed by atoms with E-state index in [2.05, 4.69) is 5.32 Å². The number of nitrogens with zero attached hydrogens (tertiary/aromatic N) is 1. The molecule has 168 valence electrons. The van der Waals surface area contributed by atoms with E-state index in [1.807, 2.05) is 70.2 Å². The van der Waals surface area contributed by atoms with E-state index in [9.17, 15) is 13.2 Å². The Morgan fingerprint density at radius 1 is 0.906 bits per heavy atom. The molecular weight excluding hydrogens is 420 g/mol. The average Bonchev–Trinajstić information content (AvgIpc) is 2.77. The smallest absolute Gasteiger partial charge is 0.264 e. The van der Waals surface area contributed by atoms with Gasteiger partial charge in [0.15, 0.2) is 0 Å². The molecule has 0 saturated heterocycles. The van der Waals surface area contributed by atoms with Crippen molar-refractivity contribution in [3.05, 3.63) is 95.1 Å². The maximum atomic E-state index is 13.5. The van der Waals surface area contributed by atoms with E-state index in [4.69, 9.17) is 0 Å². The van der Waals surface area contributed by atoms with Gasteiger partial charge in [0.25, 0.3) is 10.0 Å². The van der Waals surface area contributed by atoms with Gasteiger partial charge in [-0.3, -0.25) is 9.10 Å². The van der Waals surface area contributed by atoms with Crippen molar-refractivity contribution in [1.29, 1.82) is 0 Å². The highest BCUT2D eigenvalue weighted by atomic mass is 32.2.